The van der Waals surface area contributed by atoms with Crippen LogP contribution in [0.1, 0.15) is 48.8 Å². The molecule has 1 saturated heterocycles. The summed E-state index contributed by atoms with van der Waals surface area (Å²) in [4.78, 5) is 22.0. The quantitative estimate of drug-likeness (QED) is 0.700. The minimum atomic E-state index is 0.257. The third-order valence-corrected chi connectivity index (χ3v) is 6.70. The number of pyridine rings is 1. The summed E-state index contributed by atoms with van der Waals surface area (Å²) in [5.74, 6) is 1.22. The van der Waals surface area contributed by atoms with Gasteiger partial charge >= 0.3 is 0 Å². The number of nitrogens with zero attached hydrogens (tertiary/aromatic N) is 3. The average Bonchev–Trinajstić information content (AvgIpc) is 2.70. The Labute approximate surface area is 174 Å². The molecule has 4 heteroatoms. The first kappa shape index (κ1) is 20.1. The molecule has 0 unspecified atom stereocenters. The fraction of sp³-hybridized carbons (Fsp3) is 0.520. The number of aryl methyl sites for hydroxylation is 1. The maximum absolute atomic E-state index is 13.0. The van der Waals surface area contributed by atoms with Gasteiger partial charge in [0.1, 0.15) is 0 Å². The Balaban J connectivity index is 1.33. The van der Waals surface area contributed by atoms with Crippen molar-refractivity contribution in [2.45, 2.75) is 52.1 Å². The number of benzene rings is 1. The van der Waals surface area contributed by atoms with Crippen molar-refractivity contribution in [2.75, 3.05) is 19.6 Å². The van der Waals surface area contributed by atoms with Crippen molar-refractivity contribution in [3.63, 3.8) is 0 Å². The third-order valence-electron chi connectivity index (χ3n) is 6.70. The zero-order valence-corrected chi connectivity index (χ0v) is 17.6. The van der Waals surface area contributed by atoms with Crippen molar-refractivity contribution in [3.8, 4) is 0 Å². The van der Waals surface area contributed by atoms with Gasteiger partial charge in [0.25, 0.3) is 0 Å². The molecule has 1 aromatic carbocycles. The number of rotatable bonds is 7. The van der Waals surface area contributed by atoms with E-state index in [1.165, 1.54) is 30.4 Å². The van der Waals surface area contributed by atoms with E-state index in [2.05, 4.69) is 52.0 Å². The summed E-state index contributed by atoms with van der Waals surface area (Å²) >= 11 is 0. The molecule has 0 bridgehead atoms. The van der Waals surface area contributed by atoms with E-state index >= 15 is 0 Å². The molecule has 4 rings (SSSR count). The Hall–Kier alpha value is -2.20. The number of carbonyl (C=O) groups is 1. The molecule has 1 aromatic heterocycles. The second-order valence-electron chi connectivity index (χ2n) is 8.85. The topological polar surface area (TPSA) is 36.4 Å². The second kappa shape index (κ2) is 9.53. The van der Waals surface area contributed by atoms with E-state index in [-0.39, 0.29) is 5.92 Å². The van der Waals surface area contributed by atoms with E-state index in [1.54, 1.807) is 6.20 Å². The lowest BCUT2D eigenvalue weighted by Crippen LogP contribution is -2.43. The van der Waals surface area contributed by atoms with Crippen LogP contribution in [-0.4, -0.2) is 40.3 Å². The van der Waals surface area contributed by atoms with Crippen LogP contribution in [0.4, 0.5) is 0 Å². The Morgan fingerprint density at radius 1 is 1.10 bits per heavy atom. The molecule has 154 valence electrons. The zero-order valence-electron chi connectivity index (χ0n) is 17.6. The molecular weight excluding hydrogens is 358 g/mol. The smallest absolute Gasteiger partial charge is 0.225 e. The summed E-state index contributed by atoms with van der Waals surface area (Å²) in [6.45, 7) is 7.08. The van der Waals surface area contributed by atoms with Crippen LogP contribution in [0.25, 0.3) is 0 Å². The fourth-order valence-electron chi connectivity index (χ4n) is 4.53. The summed E-state index contributed by atoms with van der Waals surface area (Å²) in [5.41, 5.74) is 3.95. The molecule has 4 nitrogen and oxygen atoms in total. The first-order chi connectivity index (χ1) is 14.2. The van der Waals surface area contributed by atoms with Gasteiger partial charge in [-0.05, 0) is 74.4 Å². The van der Waals surface area contributed by atoms with E-state index < -0.39 is 0 Å². The van der Waals surface area contributed by atoms with Crippen LogP contribution in [0.3, 0.4) is 0 Å². The summed E-state index contributed by atoms with van der Waals surface area (Å²) in [5, 5.41) is 0. The van der Waals surface area contributed by atoms with Crippen molar-refractivity contribution in [2.24, 2.45) is 11.8 Å². The Bertz CT molecular complexity index is 795. The number of hydrogen-bond acceptors (Lipinski definition) is 3. The zero-order chi connectivity index (χ0) is 20.1. The molecule has 1 saturated carbocycles. The van der Waals surface area contributed by atoms with Gasteiger partial charge in [-0.3, -0.25) is 14.7 Å². The monoisotopic (exact) mass is 391 g/mol. The molecule has 2 fully saturated rings. The van der Waals surface area contributed by atoms with Gasteiger partial charge < -0.3 is 4.90 Å². The SMILES string of the molecule is Cc1ccccc1CN1CCC(CN(Cc2cccnc2)C(=O)C2CCC2)CC1. The molecule has 2 heterocycles. The molecule has 1 amide bonds. The Kier molecular flexibility index (Phi) is 6.60. The van der Waals surface area contributed by atoms with Crippen molar-refractivity contribution in [1.29, 1.82) is 0 Å². The van der Waals surface area contributed by atoms with Crippen LogP contribution in [0.2, 0.25) is 0 Å². The van der Waals surface area contributed by atoms with Crippen LogP contribution in [-0.2, 0) is 17.9 Å². The fourth-order valence-corrected chi connectivity index (χ4v) is 4.53. The number of aromatic nitrogens is 1. The van der Waals surface area contributed by atoms with Crippen LogP contribution >= 0.6 is 0 Å². The lowest BCUT2D eigenvalue weighted by molar-refractivity contribution is -0.139. The van der Waals surface area contributed by atoms with Gasteiger partial charge in [0, 0.05) is 37.9 Å². The van der Waals surface area contributed by atoms with Crippen LogP contribution in [0, 0.1) is 18.8 Å². The van der Waals surface area contributed by atoms with Crippen LogP contribution < -0.4 is 0 Å². The minimum absolute atomic E-state index is 0.257. The molecule has 1 aliphatic carbocycles. The Morgan fingerprint density at radius 2 is 1.90 bits per heavy atom. The standard InChI is InChI=1S/C25H33N3O/c1-20-6-2-3-8-24(20)19-27-14-11-21(12-15-27)17-28(25(29)23-9-4-10-23)18-22-7-5-13-26-16-22/h2-3,5-8,13,16,21,23H,4,9-12,14-15,17-19H2,1H3. The van der Waals surface area contributed by atoms with Crippen molar-refractivity contribution < 1.29 is 4.79 Å². The van der Waals surface area contributed by atoms with Gasteiger partial charge in [-0.15, -0.1) is 0 Å². The van der Waals surface area contributed by atoms with Crippen molar-refractivity contribution >= 4 is 5.91 Å². The Morgan fingerprint density at radius 3 is 2.55 bits per heavy atom. The highest BCUT2D eigenvalue weighted by Gasteiger charge is 2.31. The third kappa shape index (κ3) is 5.24. The summed E-state index contributed by atoms with van der Waals surface area (Å²) in [6, 6.07) is 12.7. The highest BCUT2D eigenvalue weighted by Crippen LogP contribution is 2.30. The number of likely N-dealkylation sites (tertiary alicyclic amines) is 1. The maximum atomic E-state index is 13.0. The number of carbonyl (C=O) groups excluding carboxylic acids is 1. The summed E-state index contributed by atoms with van der Waals surface area (Å²) in [6.07, 6.45) is 9.38. The molecule has 2 aliphatic rings. The number of hydrogen-bond donors (Lipinski definition) is 0. The predicted molar refractivity (Wildman–Crippen MR) is 116 cm³/mol. The average molecular weight is 392 g/mol. The molecule has 29 heavy (non-hydrogen) atoms. The molecule has 0 radical (unpaired) electrons. The highest BCUT2D eigenvalue weighted by molar-refractivity contribution is 5.79. The van der Waals surface area contributed by atoms with Crippen LogP contribution in [0.5, 0.6) is 0 Å². The number of piperidine rings is 1. The van der Waals surface area contributed by atoms with Crippen molar-refractivity contribution in [1.82, 2.24) is 14.8 Å². The second-order valence-corrected chi connectivity index (χ2v) is 8.85. The van der Waals surface area contributed by atoms with Gasteiger partial charge in [0.15, 0.2) is 0 Å². The predicted octanol–water partition coefficient (Wildman–Crippen LogP) is 4.43. The van der Waals surface area contributed by atoms with Gasteiger partial charge in [-0.2, -0.15) is 0 Å². The van der Waals surface area contributed by atoms with Gasteiger partial charge in [-0.25, -0.2) is 0 Å². The first-order valence-corrected chi connectivity index (χ1v) is 11.1. The lowest BCUT2D eigenvalue weighted by atomic mass is 9.84. The molecule has 0 N–H and O–H groups in total. The largest absolute Gasteiger partial charge is 0.338 e. The first-order valence-electron chi connectivity index (χ1n) is 11.1. The summed E-state index contributed by atoms with van der Waals surface area (Å²) in [7, 11) is 0. The minimum Gasteiger partial charge on any atom is -0.338 e. The molecular formula is C25H33N3O. The van der Waals surface area contributed by atoms with E-state index in [4.69, 9.17) is 0 Å². The van der Waals surface area contributed by atoms with E-state index in [0.717, 1.165) is 44.6 Å². The molecule has 2 aromatic rings. The number of amides is 1. The highest BCUT2D eigenvalue weighted by atomic mass is 16.2. The molecule has 1 aliphatic heterocycles. The van der Waals surface area contributed by atoms with Gasteiger partial charge in [0.2, 0.25) is 5.91 Å². The van der Waals surface area contributed by atoms with E-state index in [0.29, 0.717) is 18.4 Å². The normalized spacial score (nSPS) is 18.4. The molecule has 0 atom stereocenters. The van der Waals surface area contributed by atoms with Gasteiger partial charge in [0.05, 0.1) is 0 Å². The van der Waals surface area contributed by atoms with E-state index in [9.17, 15) is 4.79 Å². The van der Waals surface area contributed by atoms with Gasteiger partial charge in [-0.1, -0.05) is 36.8 Å². The van der Waals surface area contributed by atoms with Crippen molar-refractivity contribution in [3.05, 3.63) is 65.5 Å². The molecule has 0 spiro atoms. The lowest BCUT2D eigenvalue weighted by Gasteiger charge is -2.37. The summed E-state index contributed by atoms with van der Waals surface area (Å²) < 4.78 is 0. The van der Waals surface area contributed by atoms with E-state index in [1.807, 2.05) is 12.3 Å². The maximum Gasteiger partial charge on any atom is 0.225 e. The van der Waals surface area contributed by atoms with Crippen LogP contribution in [0.15, 0.2) is 48.8 Å².